The monoisotopic (exact) mass is 349 g/mol. The lowest BCUT2D eigenvalue weighted by Gasteiger charge is -2.19. The fourth-order valence-electron chi connectivity index (χ4n) is 2.68. The number of amides is 1. The fraction of sp³-hybridized carbons (Fsp3) is 0.294. The summed E-state index contributed by atoms with van der Waals surface area (Å²) in [7, 11) is 0. The molecule has 2 heterocycles. The minimum absolute atomic E-state index is 0.0148. The van der Waals surface area contributed by atoms with E-state index in [0.29, 0.717) is 18.8 Å². The highest BCUT2D eigenvalue weighted by Gasteiger charge is 2.21. The molecule has 1 saturated heterocycles. The second-order valence-corrected chi connectivity index (χ2v) is 6.66. The Morgan fingerprint density at radius 2 is 1.96 bits per heavy atom. The number of rotatable bonds is 4. The predicted molar refractivity (Wildman–Crippen MR) is 92.3 cm³/mol. The van der Waals surface area contributed by atoms with Crippen molar-refractivity contribution in [2.75, 3.05) is 23.3 Å². The minimum Gasteiger partial charge on any atom is -0.367 e. The first-order chi connectivity index (χ1) is 11.5. The standard InChI is InChI=1S/C17H17F2N3OS/c1-11-20-12(10-24-11)4-5-16(23)21-13-8-14(18)17(15(19)9-13)22-6-2-3-7-22/h4-5,8-10H,2-3,6-7H2,1H3,(H,21,23)/b5-4+. The molecule has 1 aliphatic rings. The number of halogens is 2. The Kier molecular flexibility index (Phi) is 4.89. The Balaban J connectivity index is 1.70. The summed E-state index contributed by atoms with van der Waals surface area (Å²) in [5.74, 6) is -1.79. The molecule has 0 unspecified atom stereocenters. The van der Waals surface area contributed by atoms with Gasteiger partial charge in [0.1, 0.15) is 5.69 Å². The molecule has 1 fully saturated rings. The van der Waals surface area contributed by atoms with Gasteiger partial charge < -0.3 is 10.2 Å². The predicted octanol–water partition coefficient (Wildman–Crippen LogP) is 3.98. The molecule has 0 aliphatic carbocycles. The van der Waals surface area contributed by atoms with E-state index in [9.17, 15) is 13.6 Å². The van der Waals surface area contributed by atoms with E-state index in [4.69, 9.17) is 0 Å². The molecular formula is C17H17F2N3OS. The molecule has 1 aromatic carbocycles. The van der Waals surface area contributed by atoms with Crippen LogP contribution in [0.15, 0.2) is 23.6 Å². The van der Waals surface area contributed by atoms with Crippen molar-refractivity contribution in [3.63, 3.8) is 0 Å². The van der Waals surface area contributed by atoms with Crippen LogP contribution < -0.4 is 10.2 Å². The van der Waals surface area contributed by atoms with Crippen molar-refractivity contribution in [1.82, 2.24) is 4.98 Å². The number of thiazole rings is 1. The Hall–Kier alpha value is -2.28. The van der Waals surface area contributed by atoms with Crippen LogP contribution in [0.1, 0.15) is 23.5 Å². The fourth-order valence-corrected chi connectivity index (χ4v) is 3.26. The van der Waals surface area contributed by atoms with Crippen LogP contribution in [0.4, 0.5) is 20.2 Å². The van der Waals surface area contributed by atoms with Gasteiger partial charge in [0, 0.05) is 30.2 Å². The summed E-state index contributed by atoms with van der Waals surface area (Å²) in [5.41, 5.74) is 0.755. The smallest absolute Gasteiger partial charge is 0.248 e. The van der Waals surface area contributed by atoms with Crippen molar-refractivity contribution in [3.05, 3.63) is 45.9 Å². The molecule has 0 saturated carbocycles. The van der Waals surface area contributed by atoms with Crippen LogP contribution in [0.2, 0.25) is 0 Å². The number of anilines is 2. The van der Waals surface area contributed by atoms with E-state index in [0.717, 1.165) is 30.0 Å². The zero-order valence-corrected chi connectivity index (χ0v) is 14.0. The molecule has 1 amide bonds. The quantitative estimate of drug-likeness (QED) is 0.849. The topological polar surface area (TPSA) is 45.2 Å². The number of carbonyl (C=O) groups is 1. The second kappa shape index (κ2) is 7.09. The van der Waals surface area contributed by atoms with Crippen LogP contribution in [-0.4, -0.2) is 24.0 Å². The number of nitrogens with zero attached hydrogens (tertiary/aromatic N) is 2. The van der Waals surface area contributed by atoms with Crippen molar-refractivity contribution >= 4 is 34.7 Å². The third-order valence-corrected chi connectivity index (χ3v) is 4.54. The average Bonchev–Trinajstić information content (AvgIpc) is 3.16. The highest BCUT2D eigenvalue weighted by Crippen LogP contribution is 2.29. The molecule has 1 N–H and O–H groups in total. The molecule has 0 bridgehead atoms. The number of nitrogens with one attached hydrogen (secondary N) is 1. The van der Waals surface area contributed by atoms with Gasteiger partial charge in [-0.25, -0.2) is 13.8 Å². The lowest BCUT2D eigenvalue weighted by molar-refractivity contribution is -0.111. The molecule has 1 aromatic heterocycles. The van der Waals surface area contributed by atoms with Gasteiger partial charge in [-0.3, -0.25) is 4.79 Å². The summed E-state index contributed by atoms with van der Waals surface area (Å²) in [6.45, 7) is 3.17. The number of benzene rings is 1. The molecule has 0 atom stereocenters. The second-order valence-electron chi connectivity index (χ2n) is 5.60. The van der Waals surface area contributed by atoms with E-state index < -0.39 is 17.5 Å². The van der Waals surface area contributed by atoms with Crippen LogP contribution in [0.5, 0.6) is 0 Å². The number of aryl methyl sites for hydroxylation is 1. The summed E-state index contributed by atoms with van der Waals surface area (Å²) >= 11 is 1.48. The molecule has 24 heavy (non-hydrogen) atoms. The average molecular weight is 349 g/mol. The number of hydrogen-bond acceptors (Lipinski definition) is 4. The molecule has 126 valence electrons. The highest BCUT2D eigenvalue weighted by molar-refractivity contribution is 7.09. The zero-order chi connectivity index (χ0) is 17.1. The van der Waals surface area contributed by atoms with Crippen molar-refractivity contribution in [3.8, 4) is 0 Å². The number of hydrogen-bond donors (Lipinski definition) is 1. The lowest BCUT2D eigenvalue weighted by Crippen LogP contribution is -2.21. The Bertz CT molecular complexity index is 759. The van der Waals surface area contributed by atoms with Crippen molar-refractivity contribution in [2.24, 2.45) is 0 Å². The summed E-state index contributed by atoms with van der Waals surface area (Å²) < 4.78 is 28.4. The molecule has 3 rings (SSSR count). The van der Waals surface area contributed by atoms with Gasteiger partial charge in [0.2, 0.25) is 5.91 Å². The van der Waals surface area contributed by atoms with Crippen LogP contribution >= 0.6 is 11.3 Å². The highest BCUT2D eigenvalue weighted by atomic mass is 32.1. The van der Waals surface area contributed by atoms with Gasteiger partial charge in [-0.1, -0.05) is 0 Å². The maximum Gasteiger partial charge on any atom is 0.248 e. The van der Waals surface area contributed by atoms with E-state index in [2.05, 4.69) is 10.3 Å². The van der Waals surface area contributed by atoms with Crippen molar-refractivity contribution in [1.29, 1.82) is 0 Å². The molecule has 7 heteroatoms. The minimum atomic E-state index is -0.661. The van der Waals surface area contributed by atoms with Gasteiger partial charge in [-0.15, -0.1) is 11.3 Å². The number of carbonyl (C=O) groups excluding carboxylic acids is 1. The van der Waals surface area contributed by atoms with Gasteiger partial charge >= 0.3 is 0 Å². The first-order valence-electron chi connectivity index (χ1n) is 7.68. The summed E-state index contributed by atoms with van der Waals surface area (Å²) in [6, 6.07) is 2.30. The van der Waals surface area contributed by atoms with Gasteiger partial charge in [-0.2, -0.15) is 0 Å². The van der Waals surface area contributed by atoms with Crippen molar-refractivity contribution in [2.45, 2.75) is 19.8 Å². The summed E-state index contributed by atoms with van der Waals surface area (Å²) in [6.07, 6.45) is 4.71. The Morgan fingerprint density at radius 1 is 1.29 bits per heavy atom. The van der Waals surface area contributed by atoms with Gasteiger partial charge in [0.15, 0.2) is 11.6 Å². The van der Waals surface area contributed by atoms with E-state index in [-0.39, 0.29) is 11.4 Å². The molecule has 0 spiro atoms. The molecule has 0 radical (unpaired) electrons. The Morgan fingerprint density at radius 3 is 2.54 bits per heavy atom. The van der Waals surface area contributed by atoms with E-state index in [1.54, 1.807) is 11.0 Å². The third-order valence-electron chi connectivity index (χ3n) is 3.75. The maximum absolute atomic E-state index is 14.2. The summed E-state index contributed by atoms with van der Waals surface area (Å²) in [5, 5.41) is 5.19. The molecular weight excluding hydrogens is 332 g/mol. The zero-order valence-electron chi connectivity index (χ0n) is 13.2. The number of aromatic nitrogens is 1. The van der Waals surface area contributed by atoms with Crippen LogP contribution in [-0.2, 0) is 4.79 Å². The van der Waals surface area contributed by atoms with Crippen LogP contribution in [0.3, 0.4) is 0 Å². The van der Waals surface area contributed by atoms with E-state index >= 15 is 0 Å². The van der Waals surface area contributed by atoms with Gasteiger partial charge in [-0.05, 0) is 38.0 Å². The van der Waals surface area contributed by atoms with Gasteiger partial charge in [0.25, 0.3) is 0 Å². The molecule has 4 nitrogen and oxygen atoms in total. The first kappa shape index (κ1) is 16.6. The van der Waals surface area contributed by atoms with Crippen LogP contribution in [0, 0.1) is 18.6 Å². The van der Waals surface area contributed by atoms with E-state index in [1.807, 2.05) is 12.3 Å². The Labute approximate surface area is 142 Å². The largest absolute Gasteiger partial charge is 0.367 e. The molecule has 1 aliphatic heterocycles. The normalized spacial score (nSPS) is 14.5. The summed E-state index contributed by atoms with van der Waals surface area (Å²) in [4.78, 5) is 17.8. The molecule has 2 aromatic rings. The third kappa shape index (κ3) is 3.79. The maximum atomic E-state index is 14.2. The lowest BCUT2D eigenvalue weighted by atomic mass is 10.2. The van der Waals surface area contributed by atoms with Crippen LogP contribution in [0.25, 0.3) is 6.08 Å². The van der Waals surface area contributed by atoms with Gasteiger partial charge in [0.05, 0.1) is 10.7 Å². The van der Waals surface area contributed by atoms with E-state index in [1.165, 1.54) is 17.4 Å². The first-order valence-corrected chi connectivity index (χ1v) is 8.56. The SMILES string of the molecule is Cc1nc(/C=C/C(=O)Nc2cc(F)c(N3CCCC3)c(F)c2)cs1. The van der Waals surface area contributed by atoms with Crippen molar-refractivity contribution < 1.29 is 13.6 Å².